The van der Waals surface area contributed by atoms with Gasteiger partial charge in [0.2, 0.25) is 0 Å². The van der Waals surface area contributed by atoms with Gasteiger partial charge in [0.25, 0.3) is 0 Å². The number of thiophene rings is 1. The second-order valence-corrected chi connectivity index (χ2v) is 7.20. The molecule has 0 fully saturated rings. The summed E-state index contributed by atoms with van der Waals surface area (Å²) >= 11 is 1.80. The fourth-order valence-electron chi connectivity index (χ4n) is 2.99. The summed E-state index contributed by atoms with van der Waals surface area (Å²) in [5.41, 5.74) is 6.00. The van der Waals surface area contributed by atoms with Crippen LogP contribution >= 0.6 is 11.3 Å². The average molecular weight is 322 g/mol. The highest BCUT2D eigenvalue weighted by molar-refractivity contribution is 7.15. The molecule has 5 heteroatoms. The third-order valence-corrected chi connectivity index (χ3v) is 5.59. The Balaban J connectivity index is 2.00. The van der Waals surface area contributed by atoms with E-state index < -0.39 is 0 Å². The van der Waals surface area contributed by atoms with E-state index in [0.29, 0.717) is 6.54 Å². The number of rotatable bonds is 1. The third kappa shape index (κ3) is 2.15. The Hall–Kier alpha value is -2.27. The fourth-order valence-corrected chi connectivity index (χ4v) is 4.22. The second-order valence-electron chi connectivity index (χ2n) is 5.99. The van der Waals surface area contributed by atoms with Crippen molar-refractivity contribution in [2.24, 2.45) is 4.99 Å². The van der Waals surface area contributed by atoms with Crippen LogP contribution in [0.15, 0.2) is 29.3 Å². The maximum atomic E-state index is 4.89. The van der Waals surface area contributed by atoms with Crippen LogP contribution in [-0.4, -0.2) is 20.5 Å². The number of aliphatic imine (C=N–C) groups is 1. The molecule has 116 valence electrons. The minimum Gasteiger partial charge on any atom is -0.276 e. The van der Waals surface area contributed by atoms with Gasteiger partial charge in [0, 0.05) is 16.0 Å². The van der Waals surface area contributed by atoms with Crippen LogP contribution in [0.1, 0.15) is 38.8 Å². The first-order valence-electron chi connectivity index (χ1n) is 7.69. The maximum Gasteiger partial charge on any atom is 0.160 e. The van der Waals surface area contributed by atoms with Gasteiger partial charge in [-0.1, -0.05) is 29.8 Å². The van der Waals surface area contributed by atoms with Gasteiger partial charge < -0.3 is 0 Å². The Bertz CT molecular complexity index is 929. The minimum atomic E-state index is 0.559. The van der Waals surface area contributed by atoms with Crippen molar-refractivity contribution in [1.82, 2.24) is 14.8 Å². The standard InChI is InChI=1S/C18H18N4S/c1-10-5-7-14(8-6-10)17-16-11(2)12(3)23-18(16)22-13(4)20-21-15(22)9-19-17/h5-8H,9H2,1-4H3. The van der Waals surface area contributed by atoms with Crippen LogP contribution in [-0.2, 0) is 6.54 Å². The van der Waals surface area contributed by atoms with E-state index in [-0.39, 0.29) is 0 Å². The van der Waals surface area contributed by atoms with Crippen molar-refractivity contribution in [2.45, 2.75) is 34.2 Å². The lowest BCUT2D eigenvalue weighted by atomic mass is 9.99. The average Bonchev–Trinajstić information content (AvgIpc) is 2.97. The van der Waals surface area contributed by atoms with E-state index in [1.807, 2.05) is 6.92 Å². The van der Waals surface area contributed by atoms with Crippen LogP contribution in [0.5, 0.6) is 0 Å². The maximum absolute atomic E-state index is 4.89. The molecule has 23 heavy (non-hydrogen) atoms. The van der Waals surface area contributed by atoms with Crippen molar-refractivity contribution in [3.05, 3.63) is 63.0 Å². The molecule has 0 aliphatic carbocycles. The molecule has 0 amide bonds. The topological polar surface area (TPSA) is 43.1 Å². The fraction of sp³-hybridized carbons (Fsp3) is 0.278. The molecule has 3 heterocycles. The monoisotopic (exact) mass is 322 g/mol. The Labute approximate surface area is 139 Å². The largest absolute Gasteiger partial charge is 0.276 e. The van der Waals surface area contributed by atoms with Gasteiger partial charge in [-0.05, 0) is 33.3 Å². The second kappa shape index (κ2) is 5.13. The lowest BCUT2D eigenvalue weighted by Gasteiger charge is -2.09. The molecule has 2 aromatic heterocycles. The number of aryl methyl sites for hydroxylation is 3. The Morgan fingerprint density at radius 1 is 1.00 bits per heavy atom. The Kier molecular flexibility index (Phi) is 3.20. The predicted octanol–water partition coefficient (Wildman–Crippen LogP) is 3.91. The molecule has 1 aliphatic heterocycles. The first-order chi connectivity index (χ1) is 11.1. The van der Waals surface area contributed by atoms with E-state index in [4.69, 9.17) is 4.99 Å². The number of nitrogens with zero attached hydrogens (tertiary/aromatic N) is 4. The number of hydrogen-bond donors (Lipinski definition) is 0. The van der Waals surface area contributed by atoms with Gasteiger partial charge in [0.15, 0.2) is 5.82 Å². The first-order valence-corrected chi connectivity index (χ1v) is 8.51. The van der Waals surface area contributed by atoms with E-state index in [1.54, 1.807) is 11.3 Å². The van der Waals surface area contributed by atoms with Crippen LogP contribution < -0.4 is 0 Å². The summed E-state index contributed by atoms with van der Waals surface area (Å²) in [6.07, 6.45) is 0. The summed E-state index contributed by atoms with van der Waals surface area (Å²) in [6, 6.07) is 8.60. The summed E-state index contributed by atoms with van der Waals surface area (Å²) in [5.74, 6) is 1.83. The quantitative estimate of drug-likeness (QED) is 0.681. The molecule has 0 saturated heterocycles. The van der Waals surface area contributed by atoms with E-state index >= 15 is 0 Å². The van der Waals surface area contributed by atoms with Crippen molar-refractivity contribution in [2.75, 3.05) is 0 Å². The third-order valence-electron chi connectivity index (χ3n) is 4.40. The van der Waals surface area contributed by atoms with Gasteiger partial charge >= 0.3 is 0 Å². The van der Waals surface area contributed by atoms with E-state index in [2.05, 4.69) is 59.8 Å². The molecule has 0 atom stereocenters. The lowest BCUT2D eigenvalue weighted by Crippen LogP contribution is -2.07. The molecule has 4 nitrogen and oxygen atoms in total. The summed E-state index contributed by atoms with van der Waals surface area (Å²) < 4.78 is 2.16. The van der Waals surface area contributed by atoms with Crippen molar-refractivity contribution >= 4 is 17.0 Å². The molecule has 0 N–H and O–H groups in total. The highest BCUT2D eigenvalue weighted by atomic mass is 32.1. The molecule has 1 aromatic carbocycles. The van der Waals surface area contributed by atoms with Crippen molar-refractivity contribution < 1.29 is 0 Å². The van der Waals surface area contributed by atoms with Crippen LogP contribution in [0.4, 0.5) is 0 Å². The zero-order chi connectivity index (χ0) is 16.1. The number of hydrogen-bond acceptors (Lipinski definition) is 4. The van der Waals surface area contributed by atoms with Crippen molar-refractivity contribution in [3.8, 4) is 5.00 Å². The smallest absolute Gasteiger partial charge is 0.160 e. The highest BCUT2D eigenvalue weighted by Crippen LogP contribution is 2.36. The Morgan fingerprint density at radius 2 is 1.74 bits per heavy atom. The molecule has 1 aliphatic rings. The summed E-state index contributed by atoms with van der Waals surface area (Å²) in [5, 5.41) is 9.74. The van der Waals surface area contributed by atoms with Crippen LogP contribution in [0.2, 0.25) is 0 Å². The molecule has 0 unspecified atom stereocenters. The zero-order valence-electron chi connectivity index (χ0n) is 13.7. The number of fused-ring (bicyclic) bond motifs is 3. The molecule has 0 saturated carbocycles. The van der Waals surface area contributed by atoms with Crippen LogP contribution in [0.3, 0.4) is 0 Å². The van der Waals surface area contributed by atoms with Crippen LogP contribution in [0.25, 0.3) is 5.00 Å². The molecular weight excluding hydrogens is 304 g/mol. The zero-order valence-corrected chi connectivity index (χ0v) is 14.5. The number of benzene rings is 1. The SMILES string of the molecule is Cc1ccc(C2=NCc3nnc(C)n3-c3sc(C)c(C)c32)cc1. The summed E-state index contributed by atoms with van der Waals surface area (Å²) in [7, 11) is 0. The van der Waals surface area contributed by atoms with E-state index in [0.717, 1.165) is 22.9 Å². The van der Waals surface area contributed by atoms with Gasteiger partial charge in [-0.2, -0.15) is 0 Å². The van der Waals surface area contributed by atoms with Gasteiger partial charge in [0.1, 0.15) is 17.4 Å². The van der Waals surface area contributed by atoms with Gasteiger partial charge in [-0.15, -0.1) is 21.5 Å². The Morgan fingerprint density at radius 3 is 2.48 bits per heavy atom. The lowest BCUT2D eigenvalue weighted by molar-refractivity contribution is 0.869. The highest BCUT2D eigenvalue weighted by Gasteiger charge is 2.26. The first kappa shape index (κ1) is 14.3. The summed E-state index contributed by atoms with van der Waals surface area (Å²) in [4.78, 5) is 6.21. The van der Waals surface area contributed by atoms with Gasteiger partial charge in [-0.25, -0.2) is 0 Å². The normalized spacial score (nSPS) is 13.3. The molecule has 0 spiro atoms. The molecule has 4 rings (SSSR count). The van der Waals surface area contributed by atoms with Crippen molar-refractivity contribution in [3.63, 3.8) is 0 Å². The van der Waals surface area contributed by atoms with Crippen LogP contribution in [0, 0.1) is 27.7 Å². The van der Waals surface area contributed by atoms with Gasteiger partial charge in [0.05, 0.1) is 5.71 Å². The number of aromatic nitrogens is 3. The predicted molar refractivity (Wildman–Crippen MR) is 94.0 cm³/mol. The molecule has 0 radical (unpaired) electrons. The molecule has 0 bridgehead atoms. The van der Waals surface area contributed by atoms with Crippen molar-refractivity contribution in [1.29, 1.82) is 0 Å². The minimum absolute atomic E-state index is 0.559. The van der Waals surface area contributed by atoms with E-state index in [1.165, 1.54) is 26.6 Å². The van der Waals surface area contributed by atoms with E-state index in [9.17, 15) is 0 Å². The summed E-state index contributed by atoms with van der Waals surface area (Å²) in [6.45, 7) is 9.01. The van der Waals surface area contributed by atoms with Gasteiger partial charge in [-0.3, -0.25) is 9.56 Å². The molecule has 3 aromatic rings. The molecular formula is C18H18N4S.